The van der Waals surface area contributed by atoms with Gasteiger partial charge in [0, 0.05) is 10.8 Å². The van der Waals surface area contributed by atoms with Crippen molar-refractivity contribution in [2.75, 3.05) is 12.9 Å². The van der Waals surface area contributed by atoms with Crippen LogP contribution in [0.5, 0.6) is 11.5 Å². The second-order valence-electron chi connectivity index (χ2n) is 5.73. The monoisotopic (exact) mass is 480 g/mol. The quantitative estimate of drug-likeness (QED) is 0.265. The predicted molar refractivity (Wildman–Crippen MR) is 122 cm³/mol. The van der Waals surface area contributed by atoms with Gasteiger partial charge in [-0.15, -0.1) is 10.2 Å². The lowest BCUT2D eigenvalue weighted by molar-refractivity contribution is -0.118. The van der Waals surface area contributed by atoms with E-state index < -0.39 is 0 Å². The summed E-state index contributed by atoms with van der Waals surface area (Å²) in [5, 5.41) is 22.5. The van der Waals surface area contributed by atoms with E-state index in [1.807, 2.05) is 24.3 Å². The van der Waals surface area contributed by atoms with Crippen molar-refractivity contribution in [2.45, 2.75) is 14.4 Å². The molecule has 0 saturated heterocycles. The van der Waals surface area contributed by atoms with Crippen LogP contribution in [0.15, 0.2) is 56.2 Å². The van der Waals surface area contributed by atoms with Gasteiger partial charge in [0.05, 0.1) is 19.1 Å². The Balaban J connectivity index is 1.43. The molecule has 1 heterocycles. The van der Waals surface area contributed by atoms with Crippen LogP contribution in [0.4, 0.5) is 0 Å². The van der Waals surface area contributed by atoms with Gasteiger partial charge in [-0.1, -0.05) is 64.7 Å². The number of hydrazone groups is 1. The summed E-state index contributed by atoms with van der Waals surface area (Å²) in [4.78, 5) is 12.0. The van der Waals surface area contributed by atoms with Gasteiger partial charge in [-0.2, -0.15) is 5.10 Å². The average molecular weight is 481 g/mol. The summed E-state index contributed by atoms with van der Waals surface area (Å²) in [6, 6.07) is 12.4. The first-order valence-corrected chi connectivity index (χ1v) is 11.7. The van der Waals surface area contributed by atoms with Crippen LogP contribution in [-0.4, -0.2) is 40.3 Å². The number of halogens is 1. The van der Waals surface area contributed by atoms with Crippen LogP contribution in [0, 0.1) is 0 Å². The third-order valence-electron chi connectivity index (χ3n) is 3.63. The summed E-state index contributed by atoms with van der Waals surface area (Å²) in [6.45, 7) is 0. The molecule has 156 valence electrons. The largest absolute Gasteiger partial charge is 0.504 e. The van der Waals surface area contributed by atoms with Crippen molar-refractivity contribution in [1.82, 2.24) is 15.6 Å². The van der Waals surface area contributed by atoms with Crippen LogP contribution < -0.4 is 10.2 Å². The number of hydrogen-bond acceptors (Lipinski definition) is 9. The number of methoxy groups -OCH3 is 1. The molecule has 0 aliphatic carbocycles. The normalized spacial score (nSPS) is 11.0. The van der Waals surface area contributed by atoms with Crippen molar-refractivity contribution >= 4 is 58.6 Å². The Morgan fingerprint density at radius 3 is 2.80 bits per heavy atom. The molecule has 2 N–H and O–H groups in total. The molecule has 0 unspecified atom stereocenters. The third-order valence-corrected chi connectivity index (χ3v) is 7.24. The molecule has 0 spiro atoms. The highest BCUT2D eigenvalue weighted by atomic mass is 35.5. The number of aromatic nitrogens is 2. The minimum atomic E-state index is -0.262. The minimum absolute atomic E-state index is 0.0385. The molecule has 0 aliphatic heterocycles. The smallest absolute Gasteiger partial charge is 0.250 e. The Morgan fingerprint density at radius 1 is 1.27 bits per heavy atom. The number of rotatable bonds is 9. The van der Waals surface area contributed by atoms with Gasteiger partial charge in [-0.3, -0.25) is 4.79 Å². The Labute approximate surface area is 190 Å². The molecule has 30 heavy (non-hydrogen) atoms. The summed E-state index contributed by atoms with van der Waals surface area (Å²) >= 11 is 10.4. The molecule has 2 aromatic carbocycles. The van der Waals surface area contributed by atoms with Gasteiger partial charge >= 0.3 is 0 Å². The molecule has 0 bridgehead atoms. The molecular weight excluding hydrogens is 464 g/mol. The van der Waals surface area contributed by atoms with Gasteiger partial charge in [0.25, 0.3) is 5.91 Å². The second kappa shape index (κ2) is 11.2. The number of amides is 1. The van der Waals surface area contributed by atoms with Crippen molar-refractivity contribution < 1.29 is 14.6 Å². The van der Waals surface area contributed by atoms with E-state index in [-0.39, 0.29) is 17.4 Å². The number of hydrogen-bond donors (Lipinski definition) is 2. The fraction of sp³-hybridized carbons (Fsp3) is 0.158. The maximum Gasteiger partial charge on any atom is 0.250 e. The number of thioether (sulfide) groups is 2. The number of phenols is 1. The SMILES string of the molecule is COc1cc(C=NNC(=O)CSc2nnc(SCc3ccccc3Cl)s2)ccc1O. The van der Waals surface area contributed by atoms with Gasteiger partial charge in [0.1, 0.15) is 0 Å². The van der Waals surface area contributed by atoms with Crippen LogP contribution in [0.2, 0.25) is 5.02 Å². The lowest BCUT2D eigenvalue weighted by atomic mass is 10.2. The number of nitrogens with one attached hydrogen (secondary N) is 1. The molecule has 0 radical (unpaired) electrons. The second-order valence-corrected chi connectivity index (χ2v) is 9.56. The fourth-order valence-corrected chi connectivity index (χ4v) is 5.28. The zero-order valence-electron chi connectivity index (χ0n) is 15.7. The van der Waals surface area contributed by atoms with Crippen molar-refractivity contribution in [1.29, 1.82) is 0 Å². The summed E-state index contributed by atoms with van der Waals surface area (Å²) in [6.07, 6.45) is 1.47. The summed E-state index contributed by atoms with van der Waals surface area (Å²) < 4.78 is 6.55. The average Bonchev–Trinajstić information content (AvgIpc) is 3.21. The number of ether oxygens (including phenoxy) is 1. The molecule has 0 atom stereocenters. The van der Waals surface area contributed by atoms with Crippen molar-refractivity contribution in [3.05, 3.63) is 58.6 Å². The third kappa shape index (κ3) is 6.63. The van der Waals surface area contributed by atoms with E-state index in [0.717, 1.165) is 14.9 Å². The van der Waals surface area contributed by atoms with E-state index in [1.54, 1.807) is 23.9 Å². The Bertz CT molecular complexity index is 1050. The Morgan fingerprint density at radius 2 is 2.03 bits per heavy atom. The van der Waals surface area contributed by atoms with E-state index in [0.29, 0.717) is 21.4 Å². The first-order valence-electron chi connectivity index (χ1n) is 8.56. The van der Waals surface area contributed by atoms with Gasteiger partial charge < -0.3 is 9.84 Å². The lowest BCUT2D eigenvalue weighted by Crippen LogP contribution is -2.19. The molecule has 3 aromatic rings. The Hall–Kier alpha value is -2.27. The molecule has 11 heteroatoms. The maximum absolute atomic E-state index is 12.0. The number of carbonyl (C=O) groups excluding carboxylic acids is 1. The van der Waals surface area contributed by atoms with E-state index >= 15 is 0 Å². The maximum atomic E-state index is 12.0. The van der Waals surface area contributed by atoms with Crippen molar-refractivity contribution in [3.63, 3.8) is 0 Å². The molecule has 7 nitrogen and oxygen atoms in total. The van der Waals surface area contributed by atoms with E-state index in [9.17, 15) is 9.90 Å². The number of carbonyl (C=O) groups is 1. The van der Waals surface area contributed by atoms with Gasteiger partial charge in [-0.05, 0) is 35.4 Å². The first-order chi connectivity index (χ1) is 14.5. The molecule has 3 rings (SSSR count). The van der Waals surface area contributed by atoms with E-state index in [4.69, 9.17) is 16.3 Å². The topological polar surface area (TPSA) is 96.7 Å². The number of benzene rings is 2. The van der Waals surface area contributed by atoms with E-state index in [2.05, 4.69) is 20.7 Å². The lowest BCUT2D eigenvalue weighted by Gasteiger charge is -2.03. The van der Waals surface area contributed by atoms with Crippen molar-refractivity contribution in [2.24, 2.45) is 5.10 Å². The first kappa shape index (κ1) is 22.4. The van der Waals surface area contributed by atoms with Crippen LogP contribution in [0.25, 0.3) is 0 Å². The minimum Gasteiger partial charge on any atom is -0.504 e. The molecule has 0 fully saturated rings. The van der Waals surface area contributed by atoms with Crippen LogP contribution in [0.1, 0.15) is 11.1 Å². The zero-order chi connectivity index (χ0) is 21.3. The van der Waals surface area contributed by atoms with Crippen LogP contribution >= 0.6 is 46.5 Å². The summed E-state index contributed by atoms with van der Waals surface area (Å²) in [7, 11) is 1.46. The Kier molecular flexibility index (Phi) is 8.38. The van der Waals surface area contributed by atoms with Gasteiger partial charge in [0.15, 0.2) is 20.2 Å². The molecule has 1 amide bonds. The highest BCUT2D eigenvalue weighted by Gasteiger charge is 2.09. The number of nitrogens with zero attached hydrogens (tertiary/aromatic N) is 3. The van der Waals surface area contributed by atoms with Gasteiger partial charge in [0.2, 0.25) is 0 Å². The number of aromatic hydroxyl groups is 1. The summed E-state index contributed by atoms with van der Waals surface area (Å²) in [5.41, 5.74) is 4.18. The van der Waals surface area contributed by atoms with Crippen molar-refractivity contribution in [3.8, 4) is 11.5 Å². The molecular formula is C19H17ClN4O3S3. The molecule has 0 aliphatic rings. The van der Waals surface area contributed by atoms with Gasteiger partial charge in [-0.25, -0.2) is 5.43 Å². The predicted octanol–water partition coefficient (Wildman–Crippen LogP) is 4.44. The molecule has 1 aromatic heterocycles. The number of phenolic OH excluding ortho intramolecular Hbond substituents is 1. The highest BCUT2D eigenvalue weighted by molar-refractivity contribution is 8.03. The zero-order valence-corrected chi connectivity index (χ0v) is 18.9. The fourth-order valence-electron chi connectivity index (χ4n) is 2.18. The highest BCUT2D eigenvalue weighted by Crippen LogP contribution is 2.32. The van der Waals surface area contributed by atoms with E-state index in [1.165, 1.54) is 42.5 Å². The van der Waals surface area contributed by atoms with Crippen LogP contribution in [0.3, 0.4) is 0 Å². The summed E-state index contributed by atoms with van der Waals surface area (Å²) in [5.74, 6) is 0.982. The standard InChI is InChI=1S/C19H17ClN4O3S3/c1-27-16-8-12(6-7-15(16)25)9-21-22-17(26)11-29-19-24-23-18(30-19)28-10-13-4-2-3-5-14(13)20/h2-9,25H,10-11H2,1H3,(H,22,26). The van der Waals surface area contributed by atoms with Crippen LogP contribution in [-0.2, 0) is 10.5 Å². The molecule has 0 saturated carbocycles.